The first-order valence-electron chi connectivity index (χ1n) is 11.7. The number of nitrogens with zero attached hydrogens (tertiary/aromatic N) is 3. The monoisotopic (exact) mass is 454 g/mol. The van der Waals surface area contributed by atoms with Crippen LogP contribution < -0.4 is 15.8 Å². The highest BCUT2D eigenvalue weighted by Crippen LogP contribution is 2.36. The van der Waals surface area contributed by atoms with E-state index in [2.05, 4.69) is 20.2 Å². The summed E-state index contributed by atoms with van der Waals surface area (Å²) < 4.78 is 17.9. The molecular weight excluding hydrogens is 419 g/mol. The molecule has 0 bridgehead atoms. The Morgan fingerprint density at radius 3 is 2.58 bits per heavy atom. The third-order valence-corrected chi connectivity index (χ3v) is 6.60. The lowest BCUT2D eigenvalue weighted by atomic mass is 9.83. The molecule has 0 aliphatic carbocycles. The number of fused-ring (bicyclic) bond motifs is 1. The lowest BCUT2D eigenvalue weighted by molar-refractivity contribution is 0.00578. The summed E-state index contributed by atoms with van der Waals surface area (Å²) in [6.07, 6.45) is 5.10. The number of alkyl carbamates (subject to hydrolysis) is 1. The van der Waals surface area contributed by atoms with Crippen LogP contribution in [0.4, 0.5) is 10.5 Å². The van der Waals surface area contributed by atoms with Crippen LogP contribution in [0.2, 0.25) is 0 Å². The van der Waals surface area contributed by atoms with Crippen molar-refractivity contribution in [2.24, 2.45) is 0 Å². The van der Waals surface area contributed by atoms with E-state index in [1.54, 1.807) is 12.4 Å². The van der Waals surface area contributed by atoms with E-state index in [4.69, 9.17) is 14.0 Å². The zero-order chi connectivity index (χ0) is 24.0. The van der Waals surface area contributed by atoms with Gasteiger partial charge in [-0.2, -0.15) is 0 Å². The van der Waals surface area contributed by atoms with Crippen molar-refractivity contribution in [3.63, 3.8) is 0 Å². The van der Waals surface area contributed by atoms with E-state index in [9.17, 15) is 4.79 Å². The zero-order valence-corrected chi connectivity index (χ0v) is 20.8. The summed E-state index contributed by atoms with van der Waals surface area (Å²) in [5, 5.41) is 4.02. The van der Waals surface area contributed by atoms with Crippen molar-refractivity contribution in [3.05, 3.63) is 24.5 Å². The summed E-state index contributed by atoms with van der Waals surface area (Å²) in [4.78, 5) is 23.7. The summed E-state index contributed by atoms with van der Waals surface area (Å²) in [5.41, 5.74) is 1.23. The van der Waals surface area contributed by atoms with Crippen molar-refractivity contribution in [1.82, 2.24) is 15.3 Å². The molecule has 0 saturated carbocycles. The first-order chi connectivity index (χ1) is 15.3. The number of piperidine rings is 1. The molecule has 4 heterocycles. The number of amides is 1. The number of carbonyl (C=O) groups excluding carboxylic acids is 1. The van der Waals surface area contributed by atoms with Crippen molar-refractivity contribution < 1.29 is 18.8 Å². The molecule has 2 saturated heterocycles. The largest absolute Gasteiger partial charge is 0.514 e. The van der Waals surface area contributed by atoms with E-state index in [1.165, 1.54) is 0 Å². The normalized spacial score (nSPS) is 22.5. The average Bonchev–Trinajstić information content (AvgIpc) is 2.93. The molecule has 1 amide bonds. The highest BCUT2D eigenvalue weighted by Gasteiger charge is 2.52. The average molecular weight is 454 g/mol. The molecule has 0 aromatic carbocycles. The second-order valence-electron chi connectivity index (χ2n) is 11.0. The number of pyridine rings is 2. The smallest absolute Gasteiger partial charge is 0.444 e. The van der Waals surface area contributed by atoms with Crippen LogP contribution in [0.3, 0.4) is 0 Å². The summed E-state index contributed by atoms with van der Waals surface area (Å²) in [5.74, 6) is 0. The van der Waals surface area contributed by atoms with Crippen LogP contribution in [-0.4, -0.2) is 59.1 Å². The molecule has 178 valence electrons. The van der Waals surface area contributed by atoms with Gasteiger partial charge in [-0.15, -0.1) is 0 Å². The number of ether oxygens (including phenoxy) is 1. The topological polar surface area (TPSA) is 85.8 Å². The van der Waals surface area contributed by atoms with Crippen LogP contribution >= 0.6 is 0 Å². The predicted molar refractivity (Wildman–Crippen MR) is 130 cm³/mol. The molecule has 8 nitrogen and oxygen atoms in total. The fourth-order valence-electron chi connectivity index (χ4n) is 4.21. The van der Waals surface area contributed by atoms with E-state index >= 15 is 0 Å². The first-order valence-corrected chi connectivity index (χ1v) is 11.7. The Bertz CT molecular complexity index is 1020. The predicted octanol–water partition coefficient (Wildman–Crippen LogP) is 3.42. The fourth-order valence-corrected chi connectivity index (χ4v) is 4.21. The van der Waals surface area contributed by atoms with E-state index in [0.29, 0.717) is 6.54 Å². The van der Waals surface area contributed by atoms with Gasteiger partial charge in [0.15, 0.2) is 0 Å². The van der Waals surface area contributed by atoms with E-state index in [-0.39, 0.29) is 12.1 Å². The Morgan fingerprint density at radius 1 is 1.21 bits per heavy atom. The molecule has 2 aliphatic rings. The molecule has 0 spiro atoms. The Hall–Kier alpha value is -2.39. The molecule has 1 atom stereocenters. The number of anilines is 1. The second-order valence-corrected chi connectivity index (χ2v) is 11.0. The number of aromatic nitrogens is 2. The number of rotatable bonds is 3. The van der Waals surface area contributed by atoms with Gasteiger partial charge in [-0.25, -0.2) is 4.79 Å². The van der Waals surface area contributed by atoms with Crippen molar-refractivity contribution >= 4 is 35.4 Å². The SMILES string of the molecule is CC(C)(C)OC(=O)NC1CCCN(c2ccnc3cnc(B4OC(C)(C)C(C)(C)O4)cc23)C1. The number of carbonyl (C=O) groups is 1. The van der Waals surface area contributed by atoms with Gasteiger partial charge < -0.3 is 24.3 Å². The van der Waals surface area contributed by atoms with E-state index in [1.807, 2.05) is 60.6 Å². The molecule has 9 heteroatoms. The third kappa shape index (κ3) is 5.09. The van der Waals surface area contributed by atoms with Crippen molar-refractivity contribution in [3.8, 4) is 0 Å². The fraction of sp³-hybridized carbons (Fsp3) is 0.625. The Balaban J connectivity index is 1.56. The lowest BCUT2D eigenvalue weighted by Gasteiger charge is -2.35. The molecule has 1 N–H and O–H groups in total. The van der Waals surface area contributed by atoms with E-state index < -0.39 is 23.9 Å². The van der Waals surface area contributed by atoms with Crippen molar-refractivity contribution in [1.29, 1.82) is 0 Å². The summed E-state index contributed by atoms with van der Waals surface area (Å²) in [7, 11) is -0.532. The number of hydrogen-bond donors (Lipinski definition) is 1. The van der Waals surface area contributed by atoms with Gasteiger partial charge in [-0.3, -0.25) is 9.97 Å². The summed E-state index contributed by atoms with van der Waals surface area (Å²) in [6.45, 7) is 15.3. The highest BCUT2D eigenvalue weighted by atomic mass is 16.7. The van der Waals surface area contributed by atoms with Gasteiger partial charge in [0.1, 0.15) is 5.60 Å². The summed E-state index contributed by atoms with van der Waals surface area (Å²) in [6, 6.07) is 4.05. The van der Waals surface area contributed by atoms with Gasteiger partial charge in [0.2, 0.25) is 0 Å². The number of hydrogen-bond acceptors (Lipinski definition) is 7. The Kier molecular flexibility index (Phi) is 6.07. The second kappa shape index (κ2) is 8.44. The Labute approximate surface area is 196 Å². The van der Waals surface area contributed by atoms with Gasteiger partial charge in [-0.1, -0.05) is 0 Å². The van der Waals surface area contributed by atoms with Crippen LogP contribution in [0.1, 0.15) is 61.3 Å². The van der Waals surface area contributed by atoms with Crippen LogP contribution in [0.25, 0.3) is 10.9 Å². The van der Waals surface area contributed by atoms with Gasteiger partial charge in [0.25, 0.3) is 0 Å². The lowest BCUT2D eigenvalue weighted by Crippen LogP contribution is -2.49. The molecule has 2 aliphatic heterocycles. The molecular formula is C24H35BN4O4. The minimum absolute atomic E-state index is 0.0150. The number of nitrogens with one attached hydrogen (secondary N) is 1. The molecule has 2 aromatic heterocycles. The third-order valence-electron chi connectivity index (χ3n) is 6.60. The maximum Gasteiger partial charge on any atom is 0.514 e. The van der Waals surface area contributed by atoms with Gasteiger partial charge in [0, 0.05) is 36.4 Å². The quantitative estimate of drug-likeness (QED) is 0.712. The maximum atomic E-state index is 12.3. The van der Waals surface area contributed by atoms with Crippen LogP contribution in [-0.2, 0) is 14.0 Å². The first kappa shape index (κ1) is 23.8. The van der Waals surface area contributed by atoms with Crippen LogP contribution in [0, 0.1) is 0 Å². The van der Waals surface area contributed by atoms with E-state index in [0.717, 1.165) is 41.6 Å². The molecule has 1 unspecified atom stereocenters. The maximum absolute atomic E-state index is 12.3. The minimum Gasteiger partial charge on any atom is -0.444 e. The van der Waals surface area contributed by atoms with Gasteiger partial charge in [-0.05, 0) is 73.4 Å². The van der Waals surface area contributed by atoms with Crippen molar-refractivity contribution in [2.75, 3.05) is 18.0 Å². The molecule has 33 heavy (non-hydrogen) atoms. The molecule has 2 fully saturated rings. The Morgan fingerprint density at radius 2 is 1.91 bits per heavy atom. The van der Waals surface area contributed by atoms with Gasteiger partial charge >= 0.3 is 13.2 Å². The highest BCUT2D eigenvalue weighted by molar-refractivity contribution is 6.61. The molecule has 4 rings (SSSR count). The zero-order valence-electron chi connectivity index (χ0n) is 20.8. The minimum atomic E-state index is -0.532. The van der Waals surface area contributed by atoms with Crippen LogP contribution in [0.5, 0.6) is 0 Å². The molecule has 2 aromatic rings. The summed E-state index contributed by atoms with van der Waals surface area (Å²) >= 11 is 0. The molecule has 0 radical (unpaired) electrons. The van der Waals surface area contributed by atoms with Gasteiger partial charge in [0.05, 0.1) is 28.5 Å². The van der Waals surface area contributed by atoms with Crippen molar-refractivity contribution in [2.45, 2.75) is 84.2 Å². The standard InChI is InChI=1S/C24H35BN4O4/c1-22(2,3)31-21(30)28-16-9-8-12-29(15-16)19-10-11-26-18-14-27-20(13-17(18)19)25-32-23(4,5)24(6,7)33-25/h10-11,13-14,16H,8-9,12,15H2,1-7H3,(H,28,30). The van der Waals surface area contributed by atoms with Crippen LogP contribution in [0.15, 0.2) is 24.5 Å².